The van der Waals surface area contributed by atoms with Crippen LogP contribution in [-0.4, -0.2) is 31.3 Å². The van der Waals surface area contributed by atoms with Crippen molar-refractivity contribution in [3.05, 3.63) is 21.9 Å². The number of hydrogen-bond donors (Lipinski definition) is 2. The number of carboxylic acid groups (broad SMARTS) is 1. The first-order valence-corrected chi connectivity index (χ1v) is 5.78. The molecule has 3 N–H and O–H groups in total. The average molecular weight is 322 g/mol. The number of carbonyl (C=O) groups is 1. The van der Waals surface area contributed by atoms with Gasteiger partial charge < -0.3 is 20.3 Å². The van der Waals surface area contributed by atoms with Crippen LogP contribution < -0.4 is 15.2 Å². The van der Waals surface area contributed by atoms with Gasteiger partial charge in [-0.15, -0.1) is 0 Å². The lowest BCUT2D eigenvalue weighted by Gasteiger charge is -2.14. The van der Waals surface area contributed by atoms with E-state index in [2.05, 4.69) is 15.9 Å². The third-order valence-electron chi connectivity index (χ3n) is 2.38. The molecule has 0 fully saturated rings. The molecule has 0 heterocycles. The lowest BCUT2D eigenvalue weighted by molar-refractivity contribution is -0.138. The number of rotatable bonds is 5. The van der Waals surface area contributed by atoms with Crippen LogP contribution in [-0.2, 0) is 11.2 Å². The molecule has 18 heavy (non-hydrogen) atoms. The van der Waals surface area contributed by atoms with Crippen molar-refractivity contribution in [1.82, 2.24) is 0 Å². The highest BCUT2D eigenvalue weighted by Gasteiger charge is 2.21. The quantitative estimate of drug-likeness (QED) is 0.860. The number of aliphatic carboxylic acids is 1. The van der Waals surface area contributed by atoms with Crippen LogP contribution >= 0.6 is 15.9 Å². The second-order valence-corrected chi connectivity index (χ2v) is 4.34. The first-order chi connectivity index (χ1) is 8.42. The summed E-state index contributed by atoms with van der Waals surface area (Å²) in [6.45, 7) is 0. The van der Waals surface area contributed by atoms with Gasteiger partial charge in [0.1, 0.15) is 11.9 Å². The SMILES string of the molecule is COc1cc(CC(N)C(=O)O)c(F)c(Br)c1OC. The maximum absolute atomic E-state index is 14.0. The van der Waals surface area contributed by atoms with Crippen LogP contribution in [0.4, 0.5) is 4.39 Å². The van der Waals surface area contributed by atoms with Gasteiger partial charge in [-0.05, 0) is 27.6 Å². The fourth-order valence-electron chi connectivity index (χ4n) is 1.45. The number of benzene rings is 1. The summed E-state index contributed by atoms with van der Waals surface area (Å²) in [5.74, 6) is -1.29. The highest BCUT2D eigenvalue weighted by molar-refractivity contribution is 9.10. The van der Waals surface area contributed by atoms with Gasteiger partial charge in [0.2, 0.25) is 0 Å². The highest BCUT2D eigenvalue weighted by Crippen LogP contribution is 2.39. The summed E-state index contributed by atoms with van der Waals surface area (Å²) >= 11 is 3.04. The molecule has 1 aromatic carbocycles. The predicted molar refractivity (Wildman–Crippen MR) is 66.5 cm³/mol. The molecule has 0 aliphatic heterocycles. The van der Waals surface area contributed by atoms with Crippen molar-refractivity contribution in [2.75, 3.05) is 14.2 Å². The Bertz CT molecular complexity index is 467. The Kier molecular flexibility index (Phi) is 4.92. The molecule has 1 unspecified atom stereocenters. The van der Waals surface area contributed by atoms with Crippen molar-refractivity contribution in [2.24, 2.45) is 5.73 Å². The summed E-state index contributed by atoms with van der Waals surface area (Å²) in [6, 6.07) is 0.200. The van der Waals surface area contributed by atoms with E-state index in [1.54, 1.807) is 0 Å². The van der Waals surface area contributed by atoms with Crippen LogP contribution in [0.5, 0.6) is 11.5 Å². The van der Waals surface area contributed by atoms with E-state index in [1.165, 1.54) is 20.3 Å². The third-order valence-corrected chi connectivity index (χ3v) is 3.09. The Morgan fingerprint density at radius 3 is 2.61 bits per heavy atom. The monoisotopic (exact) mass is 321 g/mol. The topological polar surface area (TPSA) is 81.8 Å². The van der Waals surface area contributed by atoms with Gasteiger partial charge in [-0.1, -0.05) is 0 Å². The maximum atomic E-state index is 14.0. The van der Waals surface area contributed by atoms with E-state index >= 15 is 0 Å². The number of nitrogens with two attached hydrogens (primary N) is 1. The summed E-state index contributed by atoms with van der Waals surface area (Å²) < 4.78 is 24.1. The van der Waals surface area contributed by atoms with Crippen LogP contribution in [0.1, 0.15) is 5.56 Å². The molecule has 0 saturated heterocycles. The second-order valence-electron chi connectivity index (χ2n) is 3.55. The molecule has 0 aliphatic rings. The number of carboxylic acids is 1. The van der Waals surface area contributed by atoms with Crippen molar-refractivity contribution in [2.45, 2.75) is 12.5 Å². The fourth-order valence-corrected chi connectivity index (χ4v) is 2.06. The molecule has 1 atom stereocenters. The summed E-state index contributed by atoms with van der Waals surface area (Å²) in [7, 11) is 2.79. The lowest BCUT2D eigenvalue weighted by atomic mass is 10.1. The molecule has 0 bridgehead atoms. The predicted octanol–water partition coefficient (Wildman–Crippen LogP) is 1.56. The zero-order chi connectivity index (χ0) is 13.9. The van der Waals surface area contributed by atoms with Gasteiger partial charge in [-0.2, -0.15) is 0 Å². The molecular formula is C11H13BrFNO4. The first-order valence-electron chi connectivity index (χ1n) is 4.99. The third kappa shape index (κ3) is 2.91. The second kappa shape index (κ2) is 6.01. The number of ether oxygens (including phenoxy) is 2. The minimum absolute atomic E-state index is 0.0805. The highest BCUT2D eigenvalue weighted by atomic mass is 79.9. The molecule has 100 valence electrons. The molecule has 1 aromatic rings. The van der Waals surface area contributed by atoms with E-state index in [-0.39, 0.29) is 22.2 Å². The van der Waals surface area contributed by atoms with Gasteiger partial charge in [0.25, 0.3) is 0 Å². The van der Waals surface area contributed by atoms with Gasteiger partial charge in [0.05, 0.1) is 18.7 Å². The molecule has 0 spiro atoms. The van der Waals surface area contributed by atoms with E-state index in [9.17, 15) is 9.18 Å². The molecule has 7 heteroatoms. The fraction of sp³-hybridized carbons (Fsp3) is 0.364. The van der Waals surface area contributed by atoms with Crippen LogP contribution in [0, 0.1) is 5.82 Å². The van der Waals surface area contributed by atoms with Gasteiger partial charge >= 0.3 is 5.97 Å². The van der Waals surface area contributed by atoms with E-state index in [0.29, 0.717) is 5.75 Å². The first kappa shape index (κ1) is 14.7. The van der Waals surface area contributed by atoms with Gasteiger partial charge in [-0.3, -0.25) is 4.79 Å². The molecule has 0 amide bonds. The zero-order valence-electron chi connectivity index (χ0n) is 9.87. The van der Waals surface area contributed by atoms with Crippen molar-refractivity contribution in [1.29, 1.82) is 0 Å². The normalized spacial score (nSPS) is 12.1. The summed E-state index contributed by atoms with van der Waals surface area (Å²) in [4.78, 5) is 10.7. The number of halogens is 2. The minimum Gasteiger partial charge on any atom is -0.493 e. The Morgan fingerprint density at radius 2 is 2.17 bits per heavy atom. The average Bonchev–Trinajstić information content (AvgIpc) is 2.34. The molecule has 0 radical (unpaired) electrons. The standard InChI is InChI=1S/C11H13BrFNO4/c1-17-7-4-5(3-6(14)11(15)16)9(13)8(12)10(7)18-2/h4,6H,3,14H2,1-2H3,(H,15,16). The smallest absolute Gasteiger partial charge is 0.320 e. The van der Waals surface area contributed by atoms with E-state index in [0.717, 1.165) is 0 Å². The maximum Gasteiger partial charge on any atom is 0.320 e. The van der Waals surface area contributed by atoms with Crippen molar-refractivity contribution in [3.63, 3.8) is 0 Å². The molecule has 5 nitrogen and oxygen atoms in total. The molecule has 0 saturated carbocycles. The zero-order valence-corrected chi connectivity index (χ0v) is 11.5. The van der Waals surface area contributed by atoms with Gasteiger partial charge in [0.15, 0.2) is 11.5 Å². The van der Waals surface area contributed by atoms with Gasteiger partial charge in [0, 0.05) is 6.42 Å². The summed E-state index contributed by atoms with van der Waals surface area (Å²) in [6.07, 6.45) is -0.139. The summed E-state index contributed by atoms with van der Waals surface area (Å²) in [5, 5.41) is 8.72. The largest absolute Gasteiger partial charge is 0.493 e. The van der Waals surface area contributed by atoms with E-state index < -0.39 is 17.8 Å². The van der Waals surface area contributed by atoms with Crippen molar-refractivity contribution >= 4 is 21.9 Å². The molecule has 0 aliphatic carbocycles. The van der Waals surface area contributed by atoms with E-state index in [1.807, 2.05) is 0 Å². The van der Waals surface area contributed by atoms with Crippen molar-refractivity contribution < 1.29 is 23.8 Å². The van der Waals surface area contributed by atoms with E-state index in [4.69, 9.17) is 20.3 Å². The van der Waals surface area contributed by atoms with Crippen LogP contribution in [0.25, 0.3) is 0 Å². The minimum atomic E-state index is -1.19. The Labute approximate surface area is 112 Å². The Hall–Kier alpha value is -1.34. The Balaban J connectivity index is 3.21. The molecular weight excluding hydrogens is 309 g/mol. The Morgan fingerprint density at radius 1 is 1.56 bits per heavy atom. The van der Waals surface area contributed by atoms with Gasteiger partial charge in [-0.25, -0.2) is 4.39 Å². The van der Waals surface area contributed by atoms with Crippen LogP contribution in [0.15, 0.2) is 10.5 Å². The number of methoxy groups -OCH3 is 2. The lowest BCUT2D eigenvalue weighted by Crippen LogP contribution is -2.32. The molecule has 0 aromatic heterocycles. The van der Waals surface area contributed by atoms with Crippen molar-refractivity contribution in [3.8, 4) is 11.5 Å². The van der Waals surface area contributed by atoms with Crippen LogP contribution in [0.2, 0.25) is 0 Å². The van der Waals surface area contributed by atoms with Crippen LogP contribution in [0.3, 0.4) is 0 Å². The molecule has 1 rings (SSSR count). The number of hydrogen-bond acceptors (Lipinski definition) is 4. The summed E-state index contributed by atoms with van der Waals surface area (Å²) in [5.41, 5.74) is 5.52.